The maximum Gasteiger partial charge on any atom is 0.140 e. The molecule has 0 amide bonds. The van der Waals surface area contributed by atoms with Gasteiger partial charge in [0.05, 0.1) is 16.0 Å². The maximum atomic E-state index is 5.43. The van der Waals surface area contributed by atoms with Crippen LogP contribution in [0.25, 0.3) is 22.4 Å². The number of hydrogen-bond donors (Lipinski definition) is 2. The van der Waals surface area contributed by atoms with Gasteiger partial charge in [0.1, 0.15) is 5.82 Å². The Morgan fingerprint density at radius 1 is 1.24 bits per heavy atom. The van der Waals surface area contributed by atoms with Crippen molar-refractivity contribution in [2.75, 3.05) is 5.32 Å². The average Bonchev–Trinajstić information content (AvgIpc) is 2.98. The number of nitrogens with zero attached hydrogens (tertiary/aromatic N) is 2. The molecule has 0 bridgehead atoms. The van der Waals surface area contributed by atoms with Crippen molar-refractivity contribution in [2.24, 2.45) is 0 Å². The van der Waals surface area contributed by atoms with Crippen LogP contribution in [-0.4, -0.2) is 19.9 Å². The van der Waals surface area contributed by atoms with Gasteiger partial charge in [-0.05, 0) is 43.7 Å². The second-order valence-electron chi connectivity index (χ2n) is 5.82. The molecule has 1 aromatic carbocycles. The summed E-state index contributed by atoms with van der Waals surface area (Å²) in [6.45, 7) is 4.27. The van der Waals surface area contributed by atoms with E-state index in [0.29, 0.717) is 0 Å². The zero-order chi connectivity index (χ0) is 14.6. The molecule has 4 rings (SSSR count). The number of benzene rings is 1. The Morgan fingerprint density at radius 3 is 2.86 bits per heavy atom. The number of imidazole rings is 1. The minimum Gasteiger partial charge on any atom is -0.349 e. The first kappa shape index (κ1) is 12.5. The molecule has 0 spiro atoms. The first-order valence-electron chi connectivity index (χ1n) is 6.82. The number of pyridine rings is 1. The van der Waals surface area contributed by atoms with Crippen LogP contribution in [0.2, 0.25) is 0 Å². The smallest absolute Gasteiger partial charge is 0.140 e. The largest absolute Gasteiger partial charge is 0.349 e. The summed E-state index contributed by atoms with van der Waals surface area (Å²) < 4.78 is 0. The van der Waals surface area contributed by atoms with E-state index in [4.69, 9.17) is 12.2 Å². The minimum absolute atomic E-state index is 0.147. The van der Waals surface area contributed by atoms with Gasteiger partial charge >= 0.3 is 0 Å². The Bertz CT molecular complexity index is 865. The van der Waals surface area contributed by atoms with Gasteiger partial charge in [-0.3, -0.25) is 4.98 Å². The molecule has 2 N–H and O–H groups in total. The number of fused-ring (bicyclic) bond motifs is 2. The summed E-state index contributed by atoms with van der Waals surface area (Å²) in [5.41, 5.74) is 5.05. The first-order valence-corrected chi connectivity index (χ1v) is 7.22. The van der Waals surface area contributed by atoms with Gasteiger partial charge in [-0.2, -0.15) is 0 Å². The number of thiocarbonyl (C=S) groups is 1. The topological polar surface area (TPSA) is 53.6 Å². The molecule has 2 aromatic heterocycles. The van der Waals surface area contributed by atoms with Gasteiger partial charge in [0.25, 0.3) is 0 Å². The fourth-order valence-corrected chi connectivity index (χ4v) is 2.94. The van der Waals surface area contributed by atoms with E-state index in [2.05, 4.69) is 46.2 Å². The summed E-state index contributed by atoms with van der Waals surface area (Å²) >= 11 is 5.43. The molecule has 0 saturated heterocycles. The van der Waals surface area contributed by atoms with Crippen molar-refractivity contribution in [1.82, 2.24) is 15.0 Å². The quantitative estimate of drug-likeness (QED) is 0.673. The van der Waals surface area contributed by atoms with Crippen LogP contribution in [0.3, 0.4) is 0 Å². The fraction of sp³-hybridized carbons (Fsp3) is 0.188. The average molecular weight is 294 g/mol. The van der Waals surface area contributed by atoms with Gasteiger partial charge in [-0.1, -0.05) is 12.2 Å². The number of hydrogen-bond acceptors (Lipinski definition) is 3. The number of rotatable bonds is 1. The van der Waals surface area contributed by atoms with Crippen LogP contribution in [0.4, 0.5) is 5.69 Å². The lowest BCUT2D eigenvalue weighted by atomic mass is 9.86. The van der Waals surface area contributed by atoms with Crippen LogP contribution in [-0.2, 0) is 5.41 Å². The molecular formula is C16H14N4S. The van der Waals surface area contributed by atoms with Crippen molar-refractivity contribution in [3.05, 3.63) is 42.2 Å². The highest BCUT2D eigenvalue weighted by molar-refractivity contribution is 7.80. The summed E-state index contributed by atoms with van der Waals surface area (Å²) in [5.74, 6) is 0.835. The normalized spacial score (nSPS) is 16.0. The summed E-state index contributed by atoms with van der Waals surface area (Å²) in [6.07, 6.45) is 3.57. The zero-order valence-electron chi connectivity index (χ0n) is 11.8. The van der Waals surface area contributed by atoms with Gasteiger partial charge in [0, 0.05) is 29.1 Å². The monoisotopic (exact) mass is 294 g/mol. The van der Waals surface area contributed by atoms with Crippen molar-refractivity contribution in [2.45, 2.75) is 19.3 Å². The third-order valence-corrected chi connectivity index (χ3v) is 4.66. The van der Waals surface area contributed by atoms with E-state index in [1.807, 2.05) is 18.3 Å². The van der Waals surface area contributed by atoms with E-state index in [1.165, 1.54) is 5.56 Å². The molecule has 3 aromatic rings. The van der Waals surface area contributed by atoms with E-state index in [9.17, 15) is 0 Å². The van der Waals surface area contributed by atoms with Crippen LogP contribution in [0, 0.1) is 0 Å². The number of nitrogens with one attached hydrogen (secondary N) is 2. The van der Waals surface area contributed by atoms with Gasteiger partial charge in [0.2, 0.25) is 0 Å². The Kier molecular flexibility index (Phi) is 2.44. The number of H-pyrrole nitrogens is 1. The summed E-state index contributed by atoms with van der Waals surface area (Å²) in [4.78, 5) is 13.0. The van der Waals surface area contributed by atoms with E-state index in [-0.39, 0.29) is 5.41 Å². The van der Waals surface area contributed by atoms with Crippen LogP contribution in [0.1, 0.15) is 19.4 Å². The molecule has 0 unspecified atom stereocenters. The predicted octanol–water partition coefficient (Wildman–Crippen LogP) is 3.66. The lowest BCUT2D eigenvalue weighted by molar-refractivity contribution is 0.748. The summed E-state index contributed by atoms with van der Waals surface area (Å²) in [7, 11) is 0. The van der Waals surface area contributed by atoms with E-state index >= 15 is 0 Å². The van der Waals surface area contributed by atoms with Crippen molar-refractivity contribution in [3.8, 4) is 11.4 Å². The molecule has 104 valence electrons. The van der Waals surface area contributed by atoms with Crippen molar-refractivity contribution in [3.63, 3.8) is 0 Å². The molecule has 5 heteroatoms. The van der Waals surface area contributed by atoms with Crippen LogP contribution in [0.5, 0.6) is 0 Å². The summed E-state index contributed by atoms with van der Waals surface area (Å²) in [6, 6.07) is 8.10. The van der Waals surface area contributed by atoms with Crippen LogP contribution < -0.4 is 5.32 Å². The van der Waals surface area contributed by atoms with Crippen molar-refractivity contribution < 1.29 is 0 Å². The molecule has 0 radical (unpaired) electrons. The standard InChI is InChI=1S/C16H14N4S/c1-16(2)10-6-12-13(7-11(10)20-15(16)21)19-14(18-12)9-4-3-5-17-8-9/h3-8H,1-2H3,(H,18,19)(H,20,21). The first-order chi connectivity index (χ1) is 10.1. The summed E-state index contributed by atoms with van der Waals surface area (Å²) in [5, 5.41) is 3.30. The second kappa shape index (κ2) is 4.11. The van der Waals surface area contributed by atoms with Gasteiger partial charge in [-0.15, -0.1) is 0 Å². The maximum absolute atomic E-state index is 5.43. The lowest BCUT2D eigenvalue weighted by Gasteiger charge is -2.17. The molecule has 1 aliphatic rings. The second-order valence-corrected chi connectivity index (χ2v) is 6.23. The van der Waals surface area contributed by atoms with Gasteiger partial charge in [-0.25, -0.2) is 4.98 Å². The van der Waals surface area contributed by atoms with Crippen molar-refractivity contribution in [1.29, 1.82) is 0 Å². The molecule has 0 aliphatic carbocycles. The number of aromatic amines is 1. The van der Waals surface area contributed by atoms with Crippen LogP contribution >= 0.6 is 12.2 Å². The highest BCUT2D eigenvalue weighted by Crippen LogP contribution is 2.40. The number of aromatic nitrogens is 3. The third kappa shape index (κ3) is 1.77. The van der Waals surface area contributed by atoms with Crippen LogP contribution in [0.15, 0.2) is 36.7 Å². The SMILES string of the molecule is CC1(C)C(=S)Nc2cc3[nH]c(-c4cccnc4)nc3cc21. The van der Waals surface area contributed by atoms with Gasteiger partial charge < -0.3 is 10.3 Å². The predicted molar refractivity (Wildman–Crippen MR) is 88.6 cm³/mol. The molecule has 0 atom stereocenters. The molecule has 4 nitrogen and oxygen atoms in total. The Balaban J connectivity index is 1.90. The zero-order valence-corrected chi connectivity index (χ0v) is 12.6. The molecule has 1 aliphatic heterocycles. The Morgan fingerprint density at radius 2 is 2.10 bits per heavy atom. The minimum atomic E-state index is -0.147. The van der Waals surface area contributed by atoms with E-state index < -0.39 is 0 Å². The molecule has 3 heterocycles. The molecule has 21 heavy (non-hydrogen) atoms. The lowest BCUT2D eigenvalue weighted by Crippen LogP contribution is -2.25. The third-order valence-electron chi connectivity index (χ3n) is 4.05. The highest BCUT2D eigenvalue weighted by atomic mass is 32.1. The molecule has 0 fully saturated rings. The highest BCUT2D eigenvalue weighted by Gasteiger charge is 2.35. The van der Waals surface area contributed by atoms with E-state index in [0.717, 1.165) is 33.1 Å². The fourth-order valence-electron chi connectivity index (χ4n) is 2.72. The molecule has 0 saturated carbocycles. The van der Waals surface area contributed by atoms with Gasteiger partial charge in [0.15, 0.2) is 0 Å². The van der Waals surface area contributed by atoms with E-state index in [1.54, 1.807) is 6.20 Å². The Hall–Kier alpha value is -2.27. The number of anilines is 1. The van der Waals surface area contributed by atoms with Crippen molar-refractivity contribution >= 4 is 33.9 Å². The molecular weight excluding hydrogens is 280 g/mol. The Labute approximate surface area is 127 Å².